The maximum absolute atomic E-state index is 12.1. The molecule has 6 heteroatoms. The van der Waals surface area contributed by atoms with Crippen LogP contribution in [0.5, 0.6) is 0 Å². The summed E-state index contributed by atoms with van der Waals surface area (Å²) in [7, 11) is 0. The number of hydrogen-bond donors (Lipinski definition) is 2. The lowest BCUT2D eigenvalue weighted by Crippen LogP contribution is -2.25. The summed E-state index contributed by atoms with van der Waals surface area (Å²) < 4.78 is 0. The Bertz CT molecular complexity index is 685. The molecule has 0 saturated heterocycles. The lowest BCUT2D eigenvalue weighted by atomic mass is 10.2. The first-order valence-corrected chi connectivity index (χ1v) is 6.40. The Morgan fingerprint density at radius 2 is 2.19 bits per heavy atom. The van der Waals surface area contributed by atoms with Crippen LogP contribution in [-0.2, 0) is 6.54 Å². The normalized spacial score (nSPS) is 9.62. The molecule has 0 aliphatic rings. The number of aryl methyl sites for hydroxylation is 1. The molecule has 6 nitrogen and oxygen atoms in total. The van der Waals surface area contributed by atoms with Gasteiger partial charge in [0, 0.05) is 12.4 Å². The molecule has 106 valence electrons. The van der Waals surface area contributed by atoms with Crippen LogP contribution in [0.2, 0.25) is 0 Å². The van der Waals surface area contributed by atoms with Crippen molar-refractivity contribution in [1.82, 2.24) is 20.3 Å². The van der Waals surface area contributed by atoms with Crippen molar-refractivity contribution in [2.24, 2.45) is 5.73 Å². The first kappa shape index (κ1) is 14.6. The van der Waals surface area contributed by atoms with E-state index < -0.39 is 0 Å². The zero-order valence-electron chi connectivity index (χ0n) is 11.6. The van der Waals surface area contributed by atoms with E-state index in [-0.39, 0.29) is 24.7 Å². The predicted octanol–water partition coefficient (Wildman–Crippen LogP) is 0.420. The number of nitrogens with zero attached hydrogens (tertiary/aromatic N) is 3. The molecule has 0 aliphatic heterocycles. The summed E-state index contributed by atoms with van der Waals surface area (Å²) in [5, 5.41) is 2.75. The van der Waals surface area contributed by atoms with Crippen molar-refractivity contribution in [1.29, 1.82) is 0 Å². The molecule has 0 aliphatic carbocycles. The number of hydrogen-bond acceptors (Lipinski definition) is 5. The van der Waals surface area contributed by atoms with Gasteiger partial charge in [-0.15, -0.1) is 0 Å². The maximum atomic E-state index is 12.1. The standard InChI is InChI=1S/C15H15N5O/c1-11-8-19-13(9-18-11)10-20-15(21)14-12(4-2-6-16)5-3-7-17-14/h3,5,7-9H,6,10,16H2,1H3,(H,20,21). The number of amides is 1. The van der Waals surface area contributed by atoms with E-state index in [2.05, 4.69) is 32.1 Å². The topological polar surface area (TPSA) is 93.8 Å². The fourth-order valence-electron chi connectivity index (χ4n) is 1.60. The molecular formula is C15H15N5O. The Labute approximate surface area is 122 Å². The lowest BCUT2D eigenvalue weighted by Gasteiger charge is -2.05. The van der Waals surface area contributed by atoms with Crippen molar-refractivity contribution in [2.75, 3.05) is 6.54 Å². The first-order valence-electron chi connectivity index (χ1n) is 6.40. The van der Waals surface area contributed by atoms with E-state index in [1.54, 1.807) is 30.7 Å². The average Bonchev–Trinajstić information content (AvgIpc) is 2.52. The summed E-state index contributed by atoms with van der Waals surface area (Å²) >= 11 is 0. The highest BCUT2D eigenvalue weighted by atomic mass is 16.1. The first-order chi connectivity index (χ1) is 10.2. The van der Waals surface area contributed by atoms with Crippen LogP contribution >= 0.6 is 0 Å². The molecule has 0 unspecified atom stereocenters. The highest BCUT2D eigenvalue weighted by Crippen LogP contribution is 2.04. The lowest BCUT2D eigenvalue weighted by molar-refractivity contribution is 0.0945. The molecule has 2 aromatic heterocycles. The Balaban J connectivity index is 2.08. The van der Waals surface area contributed by atoms with Crippen molar-refractivity contribution in [3.8, 4) is 11.8 Å². The molecule has 1 amide bonds. The Morgan fingerprint density at radius 1 is 1.33 bits per heavy atom. The third-order valence-corrected chi connectivity index (χ3v) is 2.61. The molecule has 0 saturated carbocycles. The maximum Gasteiger partial charge on any atom is 0.271 e. The SMILES string of the molecule is Cc1cnc(CNC(=O)c2ncccc2C#CCN)cn1. The van der Waals surface area contributed by atoms with E-state index in [0.29, 0.717) is 11.3 Å². The Hall–Kier alpha value is -2.78. The Morgan fingerprint density at radius 3 is 2.90 bits per heavy atom. The van der Waals surface area contributed by atoms with Gasteiger partial charge in [-0.1, -0.05) is 11.8 Å². The second kappa shape index (κ2) is 7.12. The van der Waals surface area contributed by atoms with Crippen molar-refractivity contribution in [3.05, 3.63) is 53.4 Å². The number of carbonyl (C=O) groups excluding carboxylic acids is 1. The minimum Gasteiger partial charge on any atom is -0.345 e. The van der Waals surface area contributed by atoms with Crippen molar-refractivity contribution in [3.63, 3.8) is 0 Å². The van der Waals surface area contributed by atoms with Gasteiger partial charge in [0.1, 0.15) is 5.69 Å². The largest absolute Gasteiger partial charge is 0.345 e. The van der Waals surface area contributed by atoms with E-state index in [1.165, 1.54) is 0 Å². The summed E-state index contributed by atoms with van der Waals surface area (Å²) in [5.41, 5.74) is 7.68. The quantitative estimate of drug-likeness (QED) is 0.795. The molecule has 0 bridgehead atoms. The minimum atomic E-state index is -0.306. The molecule has 3 N–H and O–H groups in total. The number of nitrogens with one attached hydrogen (secondary N) is 1. The van der Waals surface area contributed by atoms with Crippen LogP contribution in [0.15, 0.2) is 30.7 Å². The summed E-state index contributed by atoms with van der Waals surface area (Å²) in [6.45, 7) is 2.37. The van der Waals surface area contributed by atoms with Gasteiger partial charge in [0.2, 0.25) is 0 Å². The molecule has 0 aromatic carbocycles. The second-order valence-electron chi connectivity index (χ2n) is 4.24. The molecule has 0 fully saturated rings. The average molecular weight is 281 g/mol. The molecule has 2 heterocycles. The molecule has 21 heavy (non-hydrogen) atoms. The number of nitrogens with two attached hydrogens (primary N) is 1. The van der Waals surface area contributed by atoms with Crippen LogP contribution in [0.1, 0.15) is 27.4 Å². The fraction of sp³-hybridized carbons (Fsp3) is 0.200. The van der Waals surface area contributed by atoms with Crippen LogP contribution in [0.4, 0.5) is 0 Å². The minimum absolute atomic E-state index is 0.231. The van der Waals surface area contributed by atoms with Gasteiger partial charge in [0.05, 0.1) is 36.2 Å². The molecule has 2 rings (SSSR count). The monoisotopic (exact) mass is 281 g/mol. The van der Waals surface area contributed by atoms with Crippen molar-refractivity contribution < 1.29 is 4.79 Å². The number of pyridine rings is 1. The second-order valence-corrected chi connectivity index (χ2v) is 4.24. The highest BCUT2D eigenvalue weighted by molar-refractivity contribution is 5.94. The third-order valence-electron chi connectivity index (χ3n) is 2.61. The van der Waals surface area contributed by atoms with E-state index in [9.17, 15) is 4.79 Å². The fourth-order valence-corrected chi connectivity index (χ4v) is 1.60. The summed E-state index contributed by atoms with van der Waals surface area (Å²) in [4.78, 5) is 24.5. The highest BCUT2D eigenvalue weighted by Gasteiger charge is 2.11. The van der Waals surface area contributed by atoms with Crippen molar-refractivity contribution in [2.45, 2.75) is 13.5 Å². The molecule has 0 radical (unpaired) electrons. The molecule has 0 spiro atoms. The van der Waals surface area contributed by atoms with Crippen LogP contribution in [0.25, 0.3) is 0 Å². The molecular weight excluding hydrogens is 266 g/mol. The van der Waals surface area contributed by atoms with E-state index >= 15 is 0 Å². The van der Waals surface area contributed by atoms with E-state index in [1.807, 2.05) is 6.92 Å². The van der Waals surface area contributed by atoms with Crippen LogP contribution in [0, 0.1) is 18.8 Å². The van der Waals surface area contributed by atoms with Crippen LogP contribution in [-0.4, -0.2) is 27.4 Å². The summed E-state index contributed by atoms with van der Waals surface area (Å²) in [6.07, 6.45) is 4.83. The third kappa shape index (κ3) is 4.09. The van der Waals surface area contributed by atoms with Gasteiger partial charge in [-0.25, -0.2) is 4.98 Å². The predicted molar refractivity (Wildman–Crippen MR) is 78.1 cm³/mol. The summed E-state index contributed by atoms with van der Waals surface area (Å²) in [6, 6.07) is 3.46. The van der Waals surface area contributed by atoms with E-state index in [0.717, 1.165) is 5.69 Å². The van der Waals surface area contributed by atoms with Crippen LogP contribution < -0.4 is 11.1 Å². The van der Waals surface area contributed by atoms with E-state index in [4.69, 9.17) is 5.73 Å². The number of rotatable bonds is 3. The molecule has 0 atom stereocenters. The van der Waals surface area contributed by atoms with Gasteiger partial charge >= 0.3 is 0 Å². The van der Waals surface area contributed by atoms with Crippen molar-refractivity contribution >= 4 is 5.91 Å². The zero-order valence-corrected chi connectivity index (χ0v) is 11.6. The number of aromatic nitrogens is 3. The van der Waals surface area contributed by atoms with Gasteiger partial charge in [0.15, 0.2) is 0 Å². The zero-order chi connectivity index (χ0) is 15.1. The van der Waals surface area contributed by atoms with Gasteiger partial charge in [0.25, 0.3) is 5.91 Å². The van der Waals surface area contributed by atoms with Gasteiger partial charge < -0.3 is 11.1 Å². The van der Waals surface area contributed by atoms with Crippen LogP contribution in [0.3, 0.4) is 0 Å². The van der Waals surface area contributed by atoms with Gasteiger partial charge in [-0.2, -0.15) is 0 Å². The number of carbonyl (C=O) groups is 1. The van der Waals surface area contributed by atoms with Gasteiger partial charge in [-0.05, 0) is 19.1 Å². The smallest absolute Gasteiger partial charge is 0.271 e. The molecule has 2 aromatic rings. The van der Waals surface area contributed by atoms with Gasteiger partial charge in [-0.3, -0.25) is 14.8 Å². The summed E-state index contributed by atoms with van der Waals surface area (Å²) in [5.74, 6) is 5.24. The Kier molecular flexibility index (Phi) is 4.96.